The van der Waals surface area contributed by atoms with E-state index in [1.165, 1.54) is 4.31 Å². The molecule has 1 amide bonds. The van der Waals surface area contributed by atoms with Gasteiger partial charge in [-0.3, -0.25) is 4.79 Å². The Kier molecular flexibility index (Phi) is 6.76. The van der Waals surface area contributed by atoms with E-state index in [1.807, 2.05) is 31.2 Å². The Bertz CT molecular complexity index is 848. The molecule has 0 atom stereocenters. The molecule has 2 aromatic rings. The van der Waals surface area contributed by atoms with Crippen LogP contribution in [0.4, 0.5) is 5.69 Å². The minimum Gasteiger partial charge on any atom is -0.497 e. The highest BCUT2D eigenvalue weighted by Gasteiger charge is 2.18. The fourth-order valence-corrected chi connectivity index (χ4v) is 3.22. The van der Waals surface area contributed by atoms with Crippen molar-refractivity contribution in [3.05, 3.63) is 59.7 Å². The third-order valence-electron chi connectivity index (χ3n) is 3.89. The number of carbonyl (C=O) groups excluding carboxylic acids is 1. The van der Waals surface area contributed by atoms with Gasteiger partial charge in [0.05, 0.1) is 13.4 Å². The molecule has 140 valence electrons. The number of hydrogen-bond donors (Lipinski definition) is 1. The summed E-state index contributed by atoms with van der Waals surface area (Å²) in [6.07, 6.45) is 1.22. The first kappa shape index (κ1) is 19.9. The largest absolute Gasteiger partial charge is 0.497 e. The number of anilines is 1. The molecule has 0 radical (unpaired) electrons. The predicted octanol–water partition coefficient (Wildman–Crippen LogP) is 2.79. The zero-order chi connectivity index (χ0) is 19.2. The third kappa shape index (κ3) is 6.16. The molecule has 0 saturated carbocycles. The predicted molar refractivity (Wildman–Crippen MR) is 103 cm³/mol. The smallest absolute Gasteiger partial charge is 0.225 e. The van der Waals surface area contributed by atoms with Gasteiger partial charge >= 0.3 is 0 Å². The van der Waals surface area contributed by atoms with Crippen molar-refractivity contribution < 1.29 is 17.9 Å². The van der Waals surface area contributed by atoms with Crippen molar-refractivity contribution in [3.63, 3.8) is 0 Å². The minimum atomic E-state index is -3.42. The van der Waals surface area contributed by atoms with E-state index in [2.05, 4.69) is 5.32 Å². The molecular formula is C19H24N2O4S. The standard InChI is InChI=1S/C19H24N2O4S/c1-15-7-9-16(10-8-15)14-21(26(3,23)24)12-11-19(22)20-17-5-4-6-18(13-17)25-2/h4-10,13H,11-12,14H2,1-3H3,(H,20,22). The van der Waals surface area contributed by atoms with E-state index in [-0.39, 0.29) is 25.4 Å². The highest BCUT2D eigenvalue weighted by atomic mass is 32.2. The summed E-state index contributed by atoms with van der Waals surface area (Å²) < 4.78 is 30.5. The van der Waals surface area contributed by atoms with Crippen molar-refractivity contribution in [2.24, 2.45) is 0 Å². The van der Waals surface area contributed by atoms with Crippen LogP contribution >= 0.6 is 0 Å². The van der Waals surface area contributed by atoms with Gasteiger partial charge in [0.1, 0.15) is 5.75 Å². The van der Waals surface area contributed by atoms with Gasteiger partial charge in [-0.1, -0.05) is 35.9 Å². The van der Waals surface area contributed by atoms with Crippen LogP contribution in [0.1, 0.15) is 17.5 Å². The van der Waals surface area contributed by atoms with E-state index in [4.69, 9.17) is 4.74 Å². The summed E-state index contributed by atoms with van der Waals surface area (Å²) in [5.41, 5.74) is 2.60. The number of rotatable bonds is 8. The molecule has 0 aliphatic carbocycles. The second-order valence-electron chi connectivity index (χ2n) is 6.11. The van der Waals surface area contributed by atoms with E-state index in [9.17, 15) is 13.2 Å². The number of nitrogens with zero attached hydrogens (tertiary/aromatic N) is 1. The molecule has 0 heterocycles. The second kappa shape index (κ2) is 8.82. The lowest BCUT2D eigenvalue weighted by Gasteiger charge is -2.20. The molecule has 0 fully saturated rings. The molecule has 6 nitrogen and oxygen atoms in total. The summed E-state index contributed by atoms with van der Waals surface area (Å²) in [6.45, 7) is 2.33. The van der Waals surface area contributed by atoms with Crippen LogP contribution in [0.2, 0.25) is 0 Å². The van der Waals surface area contributed by atoms with Gasteiger partial charge in [-0.2, -0.15) is 4.31 Å². The Morgan fingerprint density at radius 3 is 2.46 bits per heavy atom. The van der Waals surface area contributed by atoms with Gasteiger partial charge in [0.2, 0.25) is 15.9 Å². The highest BCUT2D eigenvalue weighted by Crippen LogP contribution is 2.17. The highest BCUT2D eigenvalue weighted by molar-refractivity contribution is 7.88. The van der Waals surface area contributed by atoms with Gasteiger partial charge < -0.3 is 10.1 Å². The number of methoxy groups -OCH3 is 1. The zero-order valence-corrected chi connectivity index (χ0v) is 16.0. The van der Waals surface area contributed by atoms with Crippen molar-refractivity contribution in [2.45, 2.75) is 19.9 Å². The number of nitrogens with one attached hydrogen (secondary N) is 1. The fraction of sp³-hybridized carbons (Fsp3) is 0.316. The normalized spacial score (nSPS) is 11.4. The van der Waals surface area contributed by atoms with Gasteiger partial charge in [0, 0.05) is 31.3 Å². The lowest BCUT2D eigenvalue weighted by Crippen LogP contribution is -2.32. The molecule has 26 heavy (non-hydrogen) atoms. The van der Waals surface area contributed by atoms with Crippen molar-refractivity contribution in [2.75, 3.05) is 25.2 Å². The summed E-state index contributed by atoms with van der Waals surface area (Å²) in [4.78, 5) is 12.2. The van der Waals surface area contributed by atoms with Crippen LogP contribution in [0.5, 0.6) is 5.75 Å². The Morgan fingerprint density at radius 2 is 1.85 bits per heavy atom. The quantitative estimate of drug-likeness (QED) is 0.769. The number of hydrogen-bond acceptors (Lipinski definition) is 4. The molecule has 0 saturated heterocycles. The number of benzene rings is 2. The van der Waals surface area contributed by atoms with Crippen molar-refractivity contribution in [1.82, 2.24) is 4.31 Å². The monoisotopic (exact) mass is 376 g/mol. The van der Waals surface area contributed by atoms with Crippen LogP contribution in [0.3, 0.4) is 0 Å². The Balaban J connectivity index is 1.97. The molecule has 0 unspecified atom stereocenters. The maximum Gasteiger partial charge on any atom is 0.225 e. The molecule has 0 aliphatic rings. The molecular weight excluding hydrogens is 352 g/mol. The number of amides is 1. The van der Waals surface area contributed by atoms with Crippen molar-refractivity contribution >= 4 is 21.6 Å². The van der Waals surface area contributed by atoms with Crippen LogP contribution in [0.15, 0.2) is 48.5 Å². The van der Waals surface area contributed by atoms with Crippen molar-refractivity contribution in [1.29, 1.82) is 0 Å². The molecule has 0 aliphatic heterocycles. The van der Waals surface area contributed by atoms with Gasteiger partial charge in [-0.15, -0.1) is 0 Å². The molecule has 2 aromatic carbocycles. The maximum absolute atomic E-state index is 12.2. The van der Waals surface area contributed by atoms with Crippen molar-refractivity contribution in [3.8, 4) is 5.75 Å². The molecule has 0 spiro atoms. The maximum atomic E-state index is 12.2. The first-order valence-corrected chi connectivity index (χ1v) is 10.1. The van der Waals surface area contributed by atoms with Crippen LogP contribution in [-0.4, -0.2) is 38.5 Å². The fourth-order valence-electron chi connectivity index (χ4n) is 2.41. The number of aryl methyl sites for hydroxylation is 1. The summed E-state index contributed by atoms with van der Waals surface area (Å²) in [5.74, 6) is 0.385. The Labute approximate surface area is 154 Å². The van der Waals surface area contributed by atoms with Gasteiger partial charge in [-0.25, -0.2) is 8.42 Å². The molecule has 0 bridgehead atoms. The summed E-state index contributed by atoms with van der Waals surface area (Å²) in [5, 5.41) is 2.75. The van der Waals surface area contributed by atoms with Crippen LogP contribution in [-0.2, 0) is 21.4 Å². The Morgan fingerprint density at radius 1 is 1.15 bits per heavy atom. The van der Waals surface area contributed by atoms with Gasteiger partial charge in [-0.05, 0) is 24.6 Å². The molecule has 1 N–H and O–H groups in total. The van der Waals surface area contributed by atoms with E-state index >= 15 is 0 Å². The van der Waals surface area contributed by atoms with Crippen LogP contribution in [0, 0.1) is 6.92 Å². The Hall–Kier alpha value is -2.38. The minimum absolute atomic E-state index is 0.0656. The van der Waals surface area contributed by atoms with E-state index in [0.717, 1.165) is 17.4 Å². The number of ether oxygens (including phenoxy) is 1. The van der Waals surface area contributed by atoms with Crippen LogP contribution in [0.25, 0.3) is 0 Å². The summed E-state index contributed by atoms with van der Waals surface area (Å²) >= 11 is 0. The average molecular weight is 376 g/mol. The van der Waals surface area contributed by atoms with Gasteiger partial charge in [0.25, 0.3) is 0 Å². The third-order valence-corrected chi connectivity index (χ3v) is 5.14. The summed E-state index contributed by atoms with van der Waals surface area (Å²) in [7, 11) is -1.87. The second-order valence-corrected chi connectivity index (χ2v) is 8.09. The van der Waals surface area contributed by atoms with Crippen LogP contribution < -0.4 is 10.1 Å². The molecule has 2 rings (SSSR count). The average Bonchev–Trinajstić information content (AvgIpc) is 2.59. The lowest BCUT2D eigenvalue weighted by molar-refractivity contribution is -0.116. The van der Waals surface area contributed by atoms with E-state index in [0.29, 0.717) is 11.4 Å². The summed E-state index contributed by atoms with van der Waals surface area (Å²) in [6, 6.07) is 14.7. The number of carbonyl (C=O) groups is 1. The zero-order valence-electron chi connectivity index (χ0n) is 15.2. The first-order chi connectivity index (χ1) is 12.3. The number of sulfonamides is 1. The molecule has 0 aromatic heterocycles. The first-order valence-electron chi connectivity index (χ1n) is 8.22. The molecule has 7 heteroatoms. The lowest BCUT2D eigenvalue weighted by atomic mass is 10.1. The SMILES string of the molecule is COc1cccc(NC(=O)CCN(Cc2ccc(C)cc2)S(C)(=O)=O)c1. The van der Waals surface area contributed by atoms with Gasteiger partial charge in [0.15, 0.2) is 0 Å². The topological polar surface area (TPSA) is 75.7 Å². The van der Waals surface area contributed by atoms with E-state index < -0.39 is 10.0 Å². The van der Waals surface area contributed by atoms with E-state index in [1.54, 1.807) is 31.4 Å².